The summed E-state index contributed by atoms with van der Waals surface area (Å²) in [6.45, 7) is 0. The Kier molecular flexibility index (Phi) is 26.7. The molecule has 1 nitrogen and oxygen atoms in total. The SMILES string of the molecule is O.[Cl][V]([Cl])[Cl].[Cl][V]([Cl])[Cl]. The molecule has 0 aliphatic rings. The van der Waals surface area contributed by atoms with Gasteiger partial charge >= 0.3 is 83.7 Å². The van der Waals surface area contributed by atoms with E-state index in [-0.39, 0.29) is 5.48 Å². The second-order valence-corrected chi connectivity index (χ2v) is 14.2. The zero-order valence-corrected chi connectivity index (χ0v) is 11.0. The maximum atomic E-state index is 4.95. The first kappa shape index (κ1) is 17.8. The molecule has 9 heavy (non-hydrogen) atoms. The zero-order valence-electron chi connectivity index (χ0n) is 3.66. The van der Waals surface area contributed by atoms with E-state index in [0.717, 1.165) is 0 Å². The third kappa shape index (κ3) is 104. The first-order valence-corrected chi connectivity index (χ1v) is 12.5. The molecule has 0 aliphatic carbocycles. The Morgan fingerprint density at radius 1 is 0.556 bits per heavy atom. The summed E-state index contributed by atoms with van der Waals surface area (Å²) < 4.78 is 0. The number of rotatable bonds is 0. The molecule has 0 spiro atoms. The maximum absolute atomic E-state index is 4.95. The fraction of sp³-hybridized carbons (Fsp3) is 0. The van der Waals surface area contributed by atoms with Gasteiger partial charge in [-0.1, -0.05) is 0 Å². The number of hydrogen-bond acceptors (Lipinski definition) is 0. The molecule has 0 saturated carbocycles. The average Bonchev–Trinajstić information content (AvgIpc) is 1.25. The van der Waals surface area contributed by atoms with E-state index in [1.165, 1.54) is 0 Å². The molecule has 9 heteroatoms. The Morgan fingerprint density at radius 3 is 0.556 bits per heavy atom. The molecule has 0 heterocycles. The Balaban J connectivity index is -0.0000000720. The number of halogens is 6. The third-order valence-corrected chi connectivity index (χ3v) is 0. The van der Waals surface area contributed by atoms with Gasteiger partial charge in [0, 0.05) is 0 Å². The molecule has 2 N–H and O–H groups in total. The topological polar surface area (TPSA) is 31.5 Å². The quantitative estimate of drug-likeness (QED) is 0.652. The predicted octanol–water partition coefficient (Wildman–Crippen LogP) is 3.31. The first-order valence-electron chi connectivity index (χ1n) is 1.01. The van der Waals surface area contributed by atoms with Crippen molar-refractivity contribution in [3.8, 4) is 0 Å². The summed E-state index contributed by atoms with van der Waals surface area (Å²) in [6, 6.07) is 0. The van der Waals surface area contributed by atoms with Crippen LogP contribution in [0.5, 0.6) is 0 Å². The molecule has 0 fully saturated rings. The third-order valence-electron chi connectivity index (χ3n) is 0. The molecular formula is H2Cl6OV2. The molecule has 0 amide bonds. The van der Waals surface area contributed by atoms with Gasteiger partial charge in [-0.25, -0.2) is 0 Å². The van der Waals surface area contributed by atoms with Crippen LogP contribution in [0.3, 0.4) is 0 Å². The summed E-state index contributed by atoms with van der Waals surface area (Å²) in [5, 5.41) is 0. The Bertz CT molecular complexity index is 26.5. The van der Waals surface area contributed by atoms with E-state index in [1.807, 2.05) is 0 Å². The minimum absolute atomic E-state index is 0. The van der Waals surface area contributed by atoms with E-state index in [4.69, 9.17) is 59.1 Å². The van der Waals surface area contributed by atoms with Crippen LogP contribution in [0.2, 0.25) is 0 Å². The second kappa shape index (κ2) is 13.5. The van der Waals surface area contributed by atoms with E-state index in [2.05, 4.69) is 0 Å². The van der Waals surface area contributed by atoms with Crippen LogP contribution in [-0.2, 0) is 24.6 Å². The van der Waals surface area contributed by atoms with Crippen LogP contribution in [0, 0.1) is 0 Å². The van der Waals surface area contributed by atoms with Crippen LogP contribution in [0.25, 0.3) is 0 Å². The van der Waals surface area contributed by atoms with Gasteiger partial charge in [0.25, 0.3) is 0 Å². The van der Waals surface area contributed by atoms with Gasteiger partial charge in [-0.3, -0.25) is 0 Å². The van der Waals surface area contributed by atoms with Gasteiger partial charge in [0.15, 0.2) is 0 Å². The van der Waals surface area contributed by atoms with Crippen LogP contribution in [0.15, 0.2) is 0 Å². The van der Waals surface area contributed by atoms with Crippen molar-refractivity contribution in [2.24, 2.45) is 0 Å². The fourth-order valence-corrected chi connectivity index (χ4v) is 0. The monoisotopic (exact) mass is 330 g/mol. The summed E-state index contributed by atoms with van der Waals surface area (Å²) in [7, 11) is 29.7. The van der Waals surface area contributed by atoms with Gasteiger partial charge in [-0.2, -0.15) is 0 Å². The molecule has 0 radical (unpaired) electrons. The normalized spacial score (nSPS) is 8.00. The van der Waals surface area contributed by atoms with E-state index < -0.39 is 24.6 Å². The van der Waals surface area contributed by atoms with Crippen LogP contribution >= 0.6 is 59.1 Å². The molecule has 0 atom stereocenters. The van der Waals surface area contributed by atoms with Gasteiger partial charge < -0.3 is 5.48 Å². The summed E-state index contributed by atoms with van der Waals surface area (Å²) in [4.78, 5) is 0. The number of hydrogen-bond donors (Lipinski definition) is 0. The predicted molar refractivity (Wildman–Crippen MR) is 38.7 cm³/mol. The molecule has 0 saturated heterocycles. The van der Waals surface area contributed by atoms with Gasteiger partial charge in [-0.05, 0) is 0 Å². The van der Waals surface area contributed by atoms with Crippen LogP contribution in [0.1, 0.15) is 0 Å². The summed E-state index contributed by atoms with van der Waals surface area (Å²) in [5.74, 6) is 0. The molecular weight excluding hydrogens is 331 g/mol. The molecule has 0 unspecified atom stereocenters. The van der Waals surface area contributed by atoms with Gasteiger partial charge in [-0.15, -0.1) is 0 Å². The van der Waals surface area contributed by atoms with Crippen molar-refractivity contribution in [3.63, 3.8) is 0 Å². The minimum atomic E-state index is -1.77. The fourth-order valence-electron chi connectivity index (χ4n) is 0. The van der Waals surface area contributed by atoms with Crippen LogP contribution in [-0.4, -0.2) is 5.48 Å². The molecule has 0 aliphatic heterocycles. The van der Waals surface area contributed by atoms with E-state index in [1.54, 1.807) is 0 Å². The summed E-state index contributed by atoms with van der Waals surface area (Å²) in [6.07, 6.45) is 0. The van der Waals surface area contributed by atoms with Crippen molar-refractivity contribution in [1.29, 1.82) is 0 Å². The average molecular weight is 333 g/mol. The van der Waals surface area contributed by atoms with E-state index in [0.29, 0.717) is 0 Å². The summed E-state index contributed by atoms with van der Waals surface area (Å²) >= 11 is -3.54. The van der Waals surface area contributed by atoms with Crippen LogP contribution < -0.4 is 0 Å². The van der Waals surface area contributed by atoms with Crippen molar-refractivity contribution in [2.45, 2.75) is 0 Å². The molecule has 0 aromatic heterocycles. The van der Waals surface area contributed by atoms with Gasteiger partial charge in [0.2, 0.25) is 0 Å². The van der Waals surface area contributed by atoms with Crippen LogP contribution in [0.4, 0.5) is 0 Å². The van der Waals surface area contributed by atoms with Crippen molar-refractivity contribution >= 4 is 59.1 Å². The first-order chi connectivity index (χ1) is 3.46. The van der Waals surface area contributed by atoms with Gasteiger partial charge in [0.1, 0.15) is 0 Å². The Labute approximate surface area is 87.9 Å². The summed E-state index contributed by atoms with van der Waals surface area (Å²) in [5.41, 5.74) is 0. The Hall–Kier alpha value is 2.87. The van der Waals surface area contributed by atoms with Crippen molar-refractivity contribution < 1.29 is 30.0 Å². The second-order valence-electron chi connectivity index (χ2n) is 0.383. The standard InChI is InChI=1S/6ClH.H2O.2V/h6*1H;1H2;;/q;;;;;;;2*+3/p-6. The molecule has 0 rings (SSSR count). The van der Waals surface area contributed by atoms with Gasteiger partial charge in [0.05, 0.1) is 0 Å². The molecule has 0 aromatic rings. The van der Waals surface area contributed by atoms with Crippen molar-refractivity contribution in [1.82, 2.24) is 0 Å². The zero-order chi connectivity index (χ0) is 7.15. The molecule has 60 valence electrons. The Morgan fingerprint density at radius 2 is 0.556 bits per heavy atom. The van der Waals surface area contributed by atoms with E-state index in [9.17, 15) is 0 Å². The molecule has 0 bridgehead atoms. The van der Waals surface area contributed by atoms with Crippen molar-refractivity contribution in [2.75, 3.05) is 0 Å². The van der Waals surface area contributed by atoms with Crippen molar-refractivity contribution in [3.05, 3.63) is 0 Å². The molecule has 0 aromatic carbocycles. The van der Waals surface area contributed by atoms with E-state index >= 15 is 0 Å².